The molecule has 30 heavy (non-hydrogen) atoms. The highest BCUT2D eigenvalue weighted by molar-refractivity contribution is 7.99. The van der Waals surface area contributed by atoms with E-state index in [0.717, 1.165) is 65.0 Å². The predicted octanol–water partition coefficient (Wildman–Crippen LogP) is 5.93. The summed E-state index contributed by atoms with van der Waals surface area (Å²) in [6, 6.07) is 0. The van der Waals surface area contributed by atoms with Crippen LogP contribution in [0.4, 0.5) is 0 Å². The standard InChI is InChI=1S/C24H50O4S2/c25-15-5-1-11-21-29-23-13-3-7-17-27-19-9-10-20-28-18-8-4-14-24-30-22-12-2-6-16-26/h25-26H,1-24H2. The minimum Gasteiger partial charge on any atom is -0.396 e. The number of aliphatic hydroxyl groups is 2. The Bertz CT molecular complexity index is 268. The van der Waals surface area contributed by atoms with Gasteiger partial charge in [-0.1, -0.05) is 25.7 Å². The highest BCUT2D eigenvalue weighted by atomic mass is 32.2. The lowest BCUT2D eigenvalue weighted by atomic mass is 10.2. The van der Waals surface area contributed by atoms with Crippen LogP contribution in [-0.4, -0.2) is 72.9 Å². The monoisotopic (exact) mass is 466 g/mol. The third-order valence-electron chi connectivity index (χ3n) is 4.88. The number of unbranched alkanes of at least 4 members (excludes halogenated alkanes) is 9. The molecule has 0 aromatic heterocycles. The molecule has 0 saturated heterocycles. The van der Waals surface area contributed by atoms with E-state index in [1.165, 1.54) is 74.4 Å². The summed E-state index contributed by atoms with van der Waals surface area (Å²) in [5.41, 5.74) is 0. The summed E-state index contributed by atoms with van der Waals surface area (Å²) < 4.78 is 11.4. The van der Waals surface area contributed by atoms with Crippen molar-refractivity contribution in [3.8, 4) is 0 Å². The maximum absolute atomic E-state index is 8.72. The number of thioether (sulfide) groups is 2. The molecule has 0 radical (unpaired) electrons. The number of aliphatic hydroxyl groups excluding tert-OH is 2. The number of hydrogen-bond donors (Lipinski definition) is 2. The Morgan fingerprint density at radius 2 is 0.667 bits per heavy atom. The Balaban J connectivity index is 2.97. The summed E-state index contributed by atoms with van der Waals surface area (Å²) in [5, 5.41) is 17.4. The van der Waals surface area contributed by atoms with Crippen molar-refractivity contribution in [3.63, 3.8) is 0 Å². The maximum atomic E-state index is 8.72. The van der Waals surface area contributed by atoms with Crippen LogP contribution in [0.2, 0.25) is 0 Å². The second kappa shape index (κ2) is 29.5. The first-order chi connectivity index (χ1) is 14.9. The molecule has 0 bridgehead atoms. The molecule has 182 valence electrons. The van der Waals surface area contributed by atoms with E-state index in [-0.39, 0.29) is 0 Å². The molecular formula is C24H50O4S2. The molecule has 6 heteroatoms. The zero-order valence-electron chi connectivity index (χ0n) is 19.5. The van der Waals surface area contributed by atoms with Crippen molar-refractivity contribution in [1.82, 2.24) is 0 Å². The van der Waals surface area contributed by atoms with Gasteiger partial charge in [-0.25, -0.2) is 0 Å². The van der Waals surface area contributed by atoms with Gasteiger partial charge >= 0.3 is 0 Å². The summed E-state index contributed by atoms with van der Waals surface area (Å²) in [5.74, 6) is 5.01. The van der Waals surface area contributed by atoms with Gasteiger partial charge in [-0.15, -0.1) is 0 Å². The van der Waals surface area contributed by atoms with E-state index in [9.17, 15) is 0 Å². The molecule has 0 aliphatic rings. The molecule has 0 aliphatic carbocycles. The molecule has 0 heterocycles. The topological polar surface area (TPSA) is 58.9 Å². The third kappa shape index (κ3) is 28.5. The second-order valence-electron chi connectivity index (χ2n) is 7.85. The molecule has 0 rings (SSSR count). The van der Waals surface area contributed by atoms with Crippen LogP contribution in [-0.2, 0) is 9.47 Å². The van der Waals surface area contributed by atoms with Gasteiger partial charge in [0.15, 0.2) is 0 Å². The summed E-state index contributed by atoms with van der Waals surface area (Å²) in [6.07, 6.45) is 16.4. The molecule has 2 N–H and O–H groups in total. The molecule has 0 fully saturated rings. The highest BCUT2D eigenvalue weighted by Crippen LogP contribution is 2.11. The lowest BCUT2D eigenvalue weighted by molar-refractivity contribution is 0.0995. The predicted molar refractivity (Wildman–Crippen MR) is 135 cm³/mol. The van der Waals surface area contributed by atoms with Crippen molar-refractivity contribution in [2.75, 3.05) is 62.7 Å². The van der Waals surface area contributed by atoms with E-state index in [1.54, 1.807) is 0 Å². The van der Waals surface area contributed by atoms with Crippen LogP contribution in [0.1, 0.15) is 89.9 Å². The van der Waals surface area contributed by atoms with Crippen LogP contribution in [0.3, 0.4) is 0 Å². The Morgan fingerprint density at radius 1 is 0.367 bits per heavy atom. The molecule has 0 aliphatic heterocycles. The lowest BCUT2D eigenvalue weighted by Crippen LogP contribution is -2.01. The molecule has 0 amide bonds. The quantitative estimate of drug-likeness (QED) is 0.146. The summed E-state index contributed by atoms with van der Waals surface area (Å²) in [6.45, 7) is 4.23. The van der Waals surface area contributed by atoms with Crippen LogP contribution in [0.15, 0.2) is 0 Å². The average Bonchev–Trinajstić information content (AvgIpc) is 2.76. The van der Waals surface area contributed by atoms with E-state index >= 15 is 0 Å². The lowest BCUT2D eigenvalue weighted by Gasteiger charge is -2.06. The largest absolute Gasteiger partial charge is 0.396 e. The van der Waals surface area contributed by atoms with Gasteiger partial charge in [0.05, 0.1) is 0 Å². The number of ether oxygens (including phenoxy) is 2. The van der Waals surface area contributed by atoms with E-state index < -0.39 is 0 Å². The normalized spacial score (nSPS) is 11.4. The van der Waals surface area contributed by atoms with Gasteiger partial charge in [0.25, 0.3) is 0 Å². The van der Waals surface area contributed by atoms with E-state index in [4.69, 9.17) is 19.7 Å². The first kappa shape index (κ1) is 30.5. The zero-order chi connectivity index (χ0) is 21.8. The fourth-order valence-corrected chi connectivity index (χ4v) is 5.01. The van der Waals surface area contributed by atoms with Crippen LogP contribution in [0.5, 0.6) is 0 Å². The van der Waals surface area contributed by atoms with Gasteiger partial charge in [-0.3, -0.25) is 0 Å². The fraction of sp³-hybridized carbons (Fsp3) is 1.00. The van der Waals surface area contributed by atoms with Crippen LogP contribution in [0, 0.1) is 0 Å². The molecule has 0 aromatic rings. The Hall–Kier alpha value is 0.540. The Labute approximate surface area is 195 Å². The molecule has 0 atom stereocenters. The van der Waals surface area contributed by atoms with Crippen molar-refractivity contribution >= 4 is 23.5 Å². The molecule has 0 spiro atoms. The average molecular weight is 467 g/mol. The van der Waals surface area contributed by atoms with Crippen molar-refractivity contribution in [2.45, 2.75) is 89.9 Å². The van der Waals surface area contributed by atoms with E-state index in [1.807, 2.05) is 23.5 Å². The number of hydrogen-bond acceptors (Lipinski definition) is 6. The van der Waals surface area contributed by atoms with Gasteiger partial charge in [-0.05, 0) is 87.2 Å². The van der Waals surface area contributed by atoms with Gasteiger partial charge in [0, 0.05) is 39.6 Å². The van der Waals surface area contributed by atoms with Crippen LogP contribution in [0.25, 0.3) is 0 Å². The maximum Gasteiger partial charge on any atom is 0.0466 e. The van der Waals surface area contributed by atoms with E-state index in [0.29, 0.717) is 13.2 Å². The summed E-state index contributed by atoms with van der Waals surface area (Å²) >= 11 is 4.10. The fourth-order valence-electron chi connectivity index (χ4n) is 2.97. The first-order valence-electron chi connectivity index (χ1n) is 12.4. The van der Waals surface area contributed by atoms with Gasteiger partial charge < -0.3 is 19.7 Å². The highest BCUT2D eigenvalue weighted by Gasteiger charge is 1.96. The van der Waals surface area contributed by atoms with Crippen molar-refractivity contribution in [1.29, 1.82) is 0 Å². The summed E-state index contributed by atoms with van der Waals surface area (Å²) in [7, 11) is 0. The molecule has 0 aromatic carbocycles. The van der Waals surface area contributed by atoms with Gasteiger partial charge in [-0.2, -0.15) is 23.5 Å². The smallest absolute Gasteiger partial charge is 0.0466 e. The molecule has 4 nitrogen and oxygen atoms in total. The Kier molecular flexibility index (Phi) is 30.1. The minimum absolute atomic E-state index is 0.339. The van der Waals surface area contributed by atoms with Crippen molar-refractivity contribution in [3.05, 3.63) is 0 Å². The second-order valence-corrected chi connectivity index (χ2v) is 10.3. The Morgan fingerprint density at radius 3 is 1.00 bits per heavy atom. The molecule has 0 unspecified atom stereocenters. The minimum atomic E-state index is 0.339. The van der Waals surface area contributed by atoms with Crippen molar-refractivity contribution < 1.29 is 19.7 Å². The van der Waals surface area contributed by atoms with Gasteiger partial charge in [0.1, 0.15) is 0 Å². The van der Waals surface area contributed by atoms with Crippen LogP contribution >= 0.6 is 23.5 Å². The van der Waals surface area contributed by atoms with Crippen molar-refractivity contribution in [2.24, 2.45) is 0 Å². The number of rotatable bonds is 27. The third-order valence-corrected chi connectivity index (χ3v) is 7.19. The zero-order valence-corrected chi connectivity index (χ0v) is 21.1. The summed E-state index contributed by atoms with van der Waals surface area (Å²) in [4.78, 5) is 0. The molecular weight excluding hydrogens is 416 g/mol. The first-order valence-corrected chi connectivity index (χ1v) is 14.8. The van der Waals surface area contributed by atoms with Gasteiger partial charge in [0.2, 0.25) is 0 Å². The van der Waals surface area contributed by atoms with Crippen LogP contribution < -0.4 is 0 Å². The molecule has 0 saturated carbocycles. The SMILES string of the molecule is OCCCCCSCCCCCOCCCCOCCCCCSCCCCCO. The van der Waals surface area contributed by atoms with E-state index in [2.05, 4.69) is 0 Å².